The first-order chi connectivity index (χ1) is 17.0. The number of hydrogen-bond acceptors (Lipinski definition) is 5. The molecule has 1 fully saturated rings. The van der Waals surface area contributed by atoms with Crippen LogP contribution in [0.2, 0.25) is 0 Å². The molecule has 2 aromatic carbocycles. The van der Waals surface area contributed by atoms with E-state index < -0.39 is 0 Å². The first kappa shape index (κ1) is 24.4. The number of piperidine rings is 1. The minimum Gasteiger partial charge on any atom is -0.493 e. The van der Waals surface area contributed by atoms with Crippen LogP contribution in [0.15, 0.2) is 54.6 Å². The van der Waals surface area contributed by atoms with Crippen molar-refractivity contribution in [1.29, 1.82) is 0 Å². The van der Waals surface area contributed by atoms with E-state index in [1.165, 1.54) is 0 Å². The van der Waals surface area contributed by atoms with Crippen molar-refractivity contribution in [1.82, 2.24) is 9.47 Å². The molecule has 1 aliphatic heterocycles. The lowest BCUT2D eigenvalue weighted by Gasteiger charge is -2.31. The van der Waals surface area contributed by atoms with Crippen LogP contribution in [0.4, 0.5) is 0 Å². The highest BCUT2D eigenvalue weighted by molar-refractivity contribution is 5.97. The van der Waals surface area contributed by atoms with E-state index in [4.69, 9.17) is 14.2 Å². The molecule has 7 heteroatoms. The van der Waals surface area contributed by atoms with Gasteiger partial charge in [-0.15, -0.1) is 0 Å². The third kappa shape index (κ3) is 4.90. The molecule has 0 aliphatic carbocycles. The van der Waals surface area contributed by atoms with Crippen LogP contribution in [0.1, 0.15) is 35.8 Å². The summed E-state index contributed by atoms with van der Waals surface area (Å²) in [6, 6.07) is 17.7. The van der Waals surface area contributed by atoms with Crippen LogP contribution in [0.5, 0.6) is 11.5 Å². The second kappa shape index (κ2) is 10.7. The monoisotopic (exact) mass is 476 g/mol. The number of nitrogens with zero attached hydrogens (tertiary/aromatic N) is 2. The maximum absolute atomic E-state index is 13.6. The Kier molecular flexibility index (Phi) is 7.44. The van der Waals surface area contributed by atoms with Crippen molar-refractivity contribution in [3.05, 3.63) is 65.9 Å². The summed E-state index contributed by atoms with van der Waals surface area (Å²) in [7, 11) is 3.22. The van der Waals surface area contributed by atoms with Crippen molar-refractivity contribution in [2.75, 3.05) is 33.9 Å². The molecule has 0 bridgehead atoms. The normalized spacial score (nSPS) is 14.0. The van der Waals surface area contributed by atoms with Crippen molar-refractivity contribution in [3.8, 4) is 28.4 Å². The summed E-state index contributed by atoms with van der Waals surface area (Å²) >= 11 is 0. The number of methoxy groups -OCH3 is 2. The molecular weight excluding hydrogens is 444 g/mol. The van der Waals surface area contributed by atoms with E-state index in [2.05, 4.69) is 4.57 Å². The molecule has 1 amide bonds. The van der Waals surface area contributed by atoms with E-state index in [0.717, 1.165) is 22.6 Å². The molecule has 1 aromatic heterocycles. The Bertz CT molecular complexity index is 1190. The van der Waals surface area contributed by atoms with E-state index >= 15 is 0 Å². The van der Waals surface area contributed by atoms with Gasteiger partial charge in [0.2, 0.25) is 0 Å². The summed E-state index contributed by atoms with van der Waals surface area (Å²) in [5, 5.41) is 0. The Labute approximate surface area is 206 Å². The van der Waals surface area contributed by atoms with Crippen molar-refractivity contribution in [2.45, 2.75) is 26.7 Å². The predicted molar refractivity (Wildman–Crippen MR) is 134 cm³/mol. The zero-order valence-electron chi connectivity index (χ0n) is 20.7. The van der Waals surface area contributed by atoms with Gasteiger partial charge in [0.05, 0.1) is 38.0 Å². The van der Waals surface area contributed by atoms with Crippen LogP contribution in [0.3, 0.4) is 0 Å². The summed E-state index contributed by atoms with van der Waals surface area (Å²) in [4.78, 5) is 27.6. The maximum Gasteiger partial charge on any atom is 0.309 e. The second-order valence-electron chi connectivity index (χ2n) is 8.59. The predicted octanol–water partition coefficient (Wildman–Crippen LogP) is 4.89. The van der Waals surface area contributed by atoms with Gasteiger partial charge < -0.3 is 23.7 Å². The Morgan fingerprint density at radius 1 is 0.943 bits per heavy atom. The molecule has 35 heavy (non-hydrogen) atoms. The molecule has 184 valence electrons. The standard InChI is InChI=1S/C28H32N2O5/c1-5-35-28(32)21-13-15-29(16-14-21)27(31)23-18-24(20-9-7-6-8-10-20)30(19(23)2)22-11-12-25(33-3)26(17-22)34-4/h6-12,17-18,21H,5,13-16H2,1-4H3. The topological polar surface area (TPSA) is 70.0 Å². The fraction of sp³-hybridized carbons (Fsp3) is 0.357. The van der Waals surface area contributed by atoms with Gasteiger partial charge in [-0.1, -0.05) is 30.3 Å². The fourth-order valence-corrected chi connectivity index (χ4v) is 4.69. The van der Waals surface area contributed by atoms with Crippen LogP contribution in [-0.4, -0.2) is 55.3 Å². The molecule has 3 aromatic rings. The van der Waals surface area contributed by atoms with Crippen LogP contribution >= 0.6 is 0 Å². The number of esters is 1. The number of benzene rings is 2. The summed E-state index contributed by atoms with van der Waals surface area (Å²) in [5.74, 6) is 0.924. The van der Waals surface area contributed by atoms with Crippen LogP contribution < -0.4 is 9.47 Å². The number of rotatable bonds is 7. The summed E-state index contributed by atoms with van der Waals surface area (Å²) in [5.41, 5.74) is 4.28. The largest absolute Gasteiger partial charge is 0.493 e. The molecule has 0 saturated carbocycles. The Hall–Kier alpha value is -3.74. The van der Waals surface area contributed by atoms with Crippen LogP contribution in [-0.2, 0) is 9.53 Å². The van der Waals surface area contributed by atoms with E-state index in [-0.39, 0.29) is 17.8 Å². The highest BCUT2D eigenvalue weighted by atomic mass is 16.5. The lowest BCUT2D eigenvalue weighted by atomic mass is 9.96. The second-order valence-corrected chi connectivity index (χ2v) is 8.59. The van der Waals surface area contributed by atoms with Gasteiger partial charge in [-0.3, -0.25) is 9.59 Å². The van der Waals surface area contributed by atoms with Gasteiger partial charge in [0, 0.05) is 30.5 Å². The van der Waals surface area contributed by atoms with E-state index in [9.17, 15) is 9.59 Å². The number of amides is 1. The zero-order chi connectivity index (χ0) is 24.9. The van der Waals surface area contributed by atoms with Crippen molar-refractivity contribution in [3.63, 3.8) is 0 Å². The van der Waals surface area contributed by atoms with Gasteiger partial charge in [0.25, 0.3) is 5.91 Å². The number of carbonyl (C=O) groups excluding carboxylic acids is 2. The average molecular weight is 477 g/mol. The summed E-state index contributed by atoms with van der Waals surface area (Å²) < 4.78 is 18.2. The van der Waals surface area contributed by atoms with Crippen LogP contribution in [0, 0.1) is 12.8 Å². The quantitative estimate of drug-likeness (QED) is 0.455. The van der Waals surface area contributed by atoms with Gasteiger partial charge in [-0.05, 0) is 50.5 Å². The minimum absolute atomic E-state index is 0.0267. The van der Waals surface area contributed by atoms with E-state index in [1.807, 2.05) is 73.3 Å². The number of carbonyl (C=O) groups is 2. The molecule has 1 saturated heterocycles. The Morgan fingerprint density at radius 3 is 2.26 bits per heavy atom. The number of ether oxygens (including phenoxy) is 3. The first-order valence-electron chi connectivity index (χ1n) is 11.9. The molecule has 0 unspecified atom stereocenters. The zero-order valence-corrected chi connectivity index (χ0v) is 20.7. The molecule has 4 rings (SSSR count). The number of hydrogen-bond donors (Lipinski definition) is 0. The molecule has 0 N–H and O–H groups in total. The Balaban J connectivity index is 1.70. The lowest BCUT2D eigenvalue weighted by molar-refractivity contribution is -0.149. The molecule has 2 heterocycles. The smallest absolute Gasteiger partial charge is 0.309 e. The molecular formula is C28H32N2O5. The molecule has 0 atom stereocenters. The average Bonchev–Trinajstić information content (AvgIpc) is 3.25. The SMILES string of the molecule is CCOC(=O)C1CCN(C(=O)c2cc(-c3ccccc3)n(-c3ccc(OC)c(OC)c3)c2C)CC1. The van der Waals surface area contributed by atoms with Crippen molar-refractivity contribution >= 4 is 11.9 Å². The van der Waals surface area contributed by atoms with Gasteiger partial charge in [0.1, 0.15) is 0 Å². The third-order valence-electron chi connectivity index (χ3n) is 6.57. The summed E-state index contributed by atoms with van der Waals surface area (Å²) in [6.45, 7) is 5.21. The maximum atomic E-state index is 13.6. The highest BCUT2D eigenvalue weighted by Crippen LogP contribution is 2.35. The van der Waals surface area contributed by atoms with Crippen molar-refractivity contribution < 1.29 is 23.8 Å². The molecule has 0 spiro atoms. The number of aromatic nitrogens is 1. The van der Waals surface area contributed by atoms with Crippen molar-refractivity contribution in [2.24, 2.45) is 5.92 Å². The third-order valence-corrected chi connectivity index (χ3v) is 6.57. The highest BCUT2D eigenvalue weighted by Gasteiger charge is 2.30. The molecule has 0 radical (unpaired) electrons. The minimum atomic E-state index is -0.165. The molecule has 1 aliphatic rings. The number of likely N-dealkylation sites (tertiary alicyclic amines) is 1. The fourth-order valence-electron chi connectivity index (χ4n) is 4.69. The van der Waals surface area contributed by atoms with E-state index in [1.54, 1.807) is 14.2 Å². The Morgan fingerprint density at radius 2 is 1.63 bits per heavy atom. The molecule has 7 nitrogen and oxygen atoms in total. The van der Waals surface area contributed by atoms with E-state index in [0.29, 0.717) is 49.6 Å². The van der Waals surface area contributed by atoms with Gasteiger partial charge in [-0.2, -0.15) is 0 Å². The van der Waals surface area contributed by atoms with Gasteiger partial charge >= 0.3 is 5.97 Å². The van der Waals surface area contributed by atoms with Gasteiger partial charge in [0.15, 0.2) is 11.5 Å². The van der Waals surface area contributed by atoms with Crippen LogP contribution in [0.25, 0.3) is 16.9 Å². The lowest BCUT2D eigenvalue weighted by Crippen LogP contribution is -2.40. The summed E-state index contributed by atoms with van der Waals surface area (Å²) in [6.07, 6.45) is 1.23. The first-order valence-corrected chi connectivity index (χ1v) is 11.9. The van der Waals surface area contributed by atoms with Gasteiger partial charge in [-0.25, -0.2) is 0 Å².